The minimum atomic E-state index is 0.0934. The first kappa shape index (κ1) is 15.3. The fourth-order valence-corrected chi connectivity index (χ4v) is 2.29. The van der Waals surface area contributed by atoms with E-state index in [-0.39, 0.29) is 5.41 Å². The van der Waals surface area contributed by atoms with Gasteiger partial charge in [-0.1, -0.05) is 62.7 Å². The van der Waals surface area contributed by atoms with E-state index in [1.165, 1.54) is 5.56 Å². The standard InChI is InChI=1S/C18H17ClN2/c1-18(2,3)15-8-6-13(7-9-15)17(19)16(11-20)14-5-4-10-21-12-14/h4-10,12H,1-3H3/b17-16+. The molecule has 0 unspecified atom stereocenters. The first-order chi connectivity index (χ1) is 9.93. The van der Waals surface area contributed by atoms with Gasteiger partial charge in [0.05, 0.1) is 10.6 Å². The quantitative estimate of drug-likeness (QED) is 0.730. The lowest BCUT2D eigenvalue weighted by atomic mass is 9.86. The third-order valence-corrected chi connectivity index (χ3v) is 3.69. The second-order valence-corrected chi connectivity index (χ2v) is 6.25. The van der Waals surface area contributed by atoms with E-state index in [4.69, 9.17) is 11.6 Å². The lowest BCUT2D eigenvalue weighted by molar-refractivity contribution is 0.590. The van der Waals surface area contributed by atoms with Gasteiger partial charge in [-0.25, -0.2) is 0 Å². The molecule has 0 N–H and O–H groups in total. The predicted octanol–water partition coefficient (Wildman–Crippen LogP) is 5.01. The summed E-state index contributed by atoms with van der Waals surface area (Å²) in [6.07, 6.45) is 3.31. The van der Waals surface area contributed by atoms with Crippen LogP contribution in [0, 0.1) is 11.3 Å². The van der Waals surface area contributed by atoms with Crippen molar-refractivity contribution >= 4 is 22.2 Å². The van der Waals surface area contributed by atoms with Crippen molar-refractivity contribution in [2.75, 3.05) is 0 Å². The first-order valence-corrected chi connectivity index (χ1v) is 7.12. The largest absolute Gasteiger partial charge is 0.264 e. The molecule has 0 atom stereocenters. The third kappa shape index (κ3) is 3.51. The maximum Gasteiger partial charge on any atom is 0.101 e. The number of rotatable bonds is 2. The van der Waals surface area contributed by atoms with E-state index in [0.717, 1.165) is 11.1 Å². The highest BCUT2D eigenvalue weighted by Gasteiger charge is 2.14. The molecule has 2 nitrogen and oxygen atoms in total. The molecule has 0 bridgehead atoms. The molecule has 2 aromatic rings. The second kappa shape index (κ2) is 6.11. The van der Waals surface area contributed by atoms with Crippen LogP contribution in [0.15, 0.2) is 48.8 Å². The molecule has 1 aromatic heterocycles. The molecule has 0 aliphatic rings. The molecule has 0 aliphatic heterocycles. The number of hydrogen-bond donors (Lipinski definition) is 0. The summed E-state index contributed by atoms with van der Waals surface area (Å²) in [4.78, 5) is 4.03. The predicted molar refractivity (Wildman–Crippen MR) is 87.7 cm³/mol. The molecule has 0 spiro atoms. The molecular weight excluding hydrogens is 280 g/mol. The van der Waals surface area contributed by atoms with E-state index < -0.39 is 0 Å². The maximum atomic E-state index is 9.37. The molecule has 0 amide bonds. The minimum absolute atomic E-state index is 0.0934. The van der Waals surface area contributed by atoms with Gasteiger partial charge in [0.1, 0.15) is 6.07 Å². The van der Waals surface area contributed by atoms with Gasteiger partial charge >= 0.3 is 0 Å². The van der Waals surface area contributed by atoms with Crippen molar-refractivity contribution < 1.29 is 0 Å². The minimum Gasteiger partial charge on any atom is -0.264 e. The molecule has 106 valence electrons. The van der Waals surface area contributed by atoms with Crippen LogP contribution in [-0.4, -0.2) is 4.98 Å². The topological polar surface area (TPSA) is 36.7 Å². The van der Waals surface area contributed by atoms with Crippen molar-refractivity contribution in [2.45, 2.75) is 26.2 Å². The van der Waals surface area contributed by atoms with Crippen LogP contribution in [0.5, 0.6) is 0 Å². The Labute approximate surface area is 130 Å². The van der Waals surface area contributed by atoms with Gasteiger partial charge in [-0.05, 0) is 22.6 Å². The highest BCUT2D eigenvalue weighted by Crippen LogP contribution is 2.30. The summed E-state index contributed by atoms with van der Waals surface area (Å²) in [6.45, 7) is 6.49. The average molecular weight is 297 g/mol. The van der Waals surface area contributed by atoms with Crippen molar-refractivity contribution in [1.82, 2.24) is 4.98 Å². The Morgan fingerprint density at radius 1 is 1.10 bits per heavy atom. The van der Waals surface area contributed by atoms with E-state index in [1.54, 1.807) is 18.5 Å². The van der Waals surface area contributed by atoms with Crippen molar-refractivity contribution in [3.8, 4) is 6.07 Å². The molecule has 0 aliphatic carbocycles. The summed E-state index contributed by atoms with van der Waals surface area (Å²) in [5.41, 5.74) is 3.33. The number of benzene rings is 1. The molecule has 0 saturated heterocycles. The van der Waals surface area contributed by atoms with Gasteiger partial charge in [-0.15, -0.1) is 0 Å². The van der Waals surface area contributed by atoms with E-state index in [2.05, 4.69) is 44.0 Å². The highest BCUT2D eigenvalue weighted by molar-refractivity contribution is 6.53. The molecule has 0 radical (unpaired) electrons. The zero-order chi connectivity index (χ0) is 15.5. The Hall–Kier alpha value is -2.11. The van der Waals surface area contributed by atoms with Crippen molar-refractivity contribution in [2.24, 2.45) is 0 Å². The van der Waals surface area contributed by atoms with Gasteiger partial charge in [0.15, 0.2) is 0 Å². The summed E-state index contributed by atoms with van der Waals surface area (Å²) >= 11 is 6.40. The average Bonchev–Trinajstić information content (AvgIpc) is 2.48. The molecular formula is C18H17ClN2. The number of aromatic nitrogens is 1. The lowest BCUT2D eigenvalue weighted by Crippen LogP contribution is -2.10. The van der Waals surface area contributed by atoms with Crippen LogP contribution in [0.25, 0.3) is 10.6 Å². The number of nitriles is 1. The summed E-state index contributed by atoms with van der Waals surface area (Å²) < 4.78 is 0. The molecule has 3 heteroatoms. The molecule has 1 aromatic carbocycles. The Morgan fingerprint density at radius 3 is 2.24 bits per heavy atom. The number of hydrogen-bond acceptors (Lipinski definition) is 2. The number of allylic oxidation sites excluding steroid dienone is 1. The SMILES string of the molecule is CC(C)(C)c1ccc(/C(Cl)=C(/C#N)c2cccnc2)cc1. The summed E-state index contributed by atoms with van der Waals surface area (Å²) in [7, 11) is 0. The first-order valence-electron chi connectivity index (χ1n) is 6.74. The fourth-order valence-electron chi connectivity index (χ4n) is 2.01. The van der Waals surface area contributed by atoms with E-state index in [0.29, 0.717) is 10.6 Å². The smallest absolute Gasteiger partial charge is 0.101 e. The number of nitrogens with zero attached hydrogens (tertiary/aromatic N) is 2. The number of pyridine rings is 1. The molecule has 21 heavy (non-hydrogen) atoms. The van der Waals surface area contributed by atoms with Crippen LogP contribution in [0.3, 0.4) is 0 Å². The van der Waals surface area contributed by atoms with Crippen LogP contribution in [0.1, 0.15) is 37.5 Å². The molecule has 2 rings (SSSR count). The second-order valence-electron chi connectivity index (χ2n) is 5.87. The van der Waals surface area contributed by atoms with Crippen LogP contribution in [0.2, 0.25) is 0 Å². The zero-order valence-corrected chi connectivity index (χ0v) is 13.1. The maximum absolute atomic E-state index is 9.37. The van der Waals surface area contributed by atoms with Crippen LogP contribution in [0.4, 0.5) is 0 Å². The lowest BCUT2D eigenvalue weighted by Gasteiger charge is -2.19. The summed E-state index contributed by atoms with van der Waals surface area (Å²) in [5, 5.41) is 9.82. The molecule has 0 saturated carbocycles. The van der Waals surface area contributed by atoms with Crippen LogP contribution >= 0.6 is 11.6 Å². The Bertz CT molecular complexity index is 687. The summed E-state index contributed by atoms with van der Waals surface area (Å²) in [5.74, 6) is 0. The monoisotopic (exact) mass is 296 g/mol. The third-order valence-electron chi connectivity index (χ3n) is 3.29. The normalized spacial score (nSPS) is 12.5. The molecule has 0 fully saturated rings. The van der Waals surface area contributed by atoms with E-state index in [1.807, 2.05) is 18.2 Å². The van der Waals surface area contributed by atoms with Gasteiger partial charge in [0.2, 0.25) is 0 Å². The fraction of sp³-hybridized carbons (Fsp3) is 0.222. The van der Waals surface area contributed by atoms with Crippen molar-refractivity contribution in [3.05, 3.63) is 65.5 Å². The van der Waals surface area contributed by atoms with Gasteiger partial charge < -0.3 is 0 Å². The van der Waals surface area contributed by atoms with Crippen molar-refractivity contribution in [3.63, 3.8) is 0 Å². The molecule has 1 heterocycles. The van der Waals surface area contributed by atoms with Crippen LogP contribution < -0.4 is 0 Å². The van der Waals surface area contributed by atoms with E-state index >= 15 is 0 Å². The zero-order valence-electron chi connectivity index (χ0n) is 12.4. The summed E-state index contributed by atoms with van der Waals surface area (Å²) in [6, 6.07) is 13.8. The Morgan fingerprint density at radius 2 is 1.76 bits per heavy atom. The van der Waals surface area contributed by atoms with Gasteiger partial charge in [0, 0.05) is 18.0 Å². The van der Waals surface area contributed by atoms with Gasteiger partial charge in [-0.2, -0.15) is 5.26 Å². The van der Waals surface area contributed by atoms with Crippen molar-refractivity contribution in [1.29, 1.82) is 5.26 Å². The highest BCUT2D eigenvalue weighted by atomic mass is 35.5. The van der Waals surface area contributed by atoms with Gasteiger partial charge in [-0.3, -0.25) is 4.98 Å². The Kier molecular flexibility index (Phi) is 4.45. The van der Waals surface area contributed by atoms with E-state index in [9.17, 15) is 5.26 Å². The Balaban J connectivity index is 2.45. The van der Waals surface area contributed by atoms with Gasteiger partial charge in [0.25, 0.3) is 0 Å². The number of halogens is 1. The van der Waals surface area contributed by atoms with Crippen LogP contribution in [-0.2, 0) is 5.41 Å².